The highest BCUT2D eigenvalue weighted by molar-refractivity contribution is 7.10. The van der Waals surface area contributed by atoms with Gasteiger partial charge in [0.05, 0.1) is 7.11 Å². The number of rotatable bonds is 7. The van der Waals surface area contributed by atoms with Crippen molar-refractivity contribution in [3.05, 3.63) is 51.7 Å². The molecule has 0 radical (unpaired) electrons. The van der Waals surface area contributed by atoms with Gasteiger partial charge in [-0.1, -0.05) is 25.1 Å². The SMILES string of the molecule is CCCNC(Cc1ccccc1OC)c1ccsc1C. The van der Waals surface area contributed by atoms with Gasteiger partial charge in [0.25, 0.3) is 0 Å². The molecule has 3 heteroatoms. The summed E-state index contributed by atoms with van der Waals surface area (Å²) in [5.41, 5.74) is 2.67. The summed E-state index contributed by atoms with van der Waals surface area (Å²) in [4.78, 5) is 1.40. The van der Waals surface area contributed by atoms with Crippen LogP contribution in [-0.2, 0) is 6.42 Å². The molecule has 1 aromatic heterocycles. The van der Waals surface area contributed by atoms with Gasteiger partial charge in [-0.25, -0.2) is 0 Å². The maximum absolute atomic E-state index is 5.47. The van der Waals surface area contributed by atoms with Crippen molar-refractivity contribution >= 4 is 11.3 Å². The van der Waals surface area contributed by atoms with Crippen LogP contribution < -0.4 is 10.1 Å². The Morgan fingerprint density at radius 3 is 2.70 bits per heavy atom. The zero-order valence-corrected chi connectivity index (χ0v) is 13.3. The lowest BCUT2D eigenvalue weighted by Gasteiger charge is -2.20. The highest BCUT2D eigenvalue weighted by Crippen LogP contribution is 2.28. The minimum Gasteiger partial charge on any atom is -0.496 e. The number of aryl methyl sites for hydroxylation is 1. The van der Waals surface area contributed by atoms with Crippen LogP contribution in [0.15, 0.2) is 35.7 Å². The molecule has 0 aliphatic rings. The van der Waals surface area contributed by atoms with Crippen LogP contribution in [0.1, 0.15) is 35.4 Å². The Bertz CT molecular complexity index is 535. The van der Waals surface area contributed by atoms with E-state index in [4.69, 9.17) is 4.74 Å². The van der Waals surface area contributed by atoms with Crippen molar-refractivity contribution in [2.45, 2.75) is 32.7 Å². The van der Waals surface area contributed by atoms with Crippen LogP contribution in [0.4, 0.5) is 0 Å². The molecule has 0 bridgehead atoms. The van der Waals surface area contributed by atoms with Gasteiger partial charge < -0.3 is 10.1 Å². The van der Waals surface area contributed by atoms with Crippen LogP contribution >= 0.6 is 11.3 Å². The van der Waals surface area contributed by atoms with E-state index in [0.29, 0.717) is 6.04 Å². The number of benzene rings is 1. The molecule has 0 aliphatic carbocycles. The van der Waals surface area contributed by atoms with Crippen molar-refractivity contribution in [2.75, 3.05) is 13.7 Å². The second kappa shape index (κ2) is 7.46. The lowest BCUT2D eigenvalue weighted by molar-refractivity contribution is 0.405. The van der Waals surface area contributed by atoms with Gasteiger partial charge in [-0.2, -0.15) is 0 Å². The molecule has 2 rings (SSSR count). The van der Waals surface area contributed by atoms with E-state index in [1.54, 1.807) is 7.11 Å². The van der Waals surface area contributed by atoms with E-state index in [-0.39, 0.29) is 0 Å². The van der Waals surface area contributed by atoms with Gasteiger partial charge in [0.1, 0.15) is 5.75 Å². The Hall–Kier alpha value is -1.32. The topological polar surface area (TPSA) is 21.3 Å². The lowest BCUT2D eigenvalue weighted by Crippen LogP contribution is -2.24. The van der Waals surface area contributed by atoms with Crippen LogP contribution in [0.2, 0.25) is 0 Å². The Morgan fingerprint density at radius 1 is 1.25 bits per heavy atom. The van der Waals surface area contributed by atoms with Crippen molar-refractivity contribution in [2.24, 2.45) is 0 Å². The van der Waals surface area contributed by atoms with E-state index in [9.17, 15) is 0 Å². The molecule has 1 aromatic carbocycles. The fourth-order valence-corrected chi connectivity index (χ4v) is 3.22. The molecule has 1 heterocycles. The van der Waals surface area contributed by atoms with Crippen LogP contribution in [0.25, 0.3) is 0 Å². The quantitative estimate of drug-likeness (QED) is 0.818. The van der Waals surface area contributed by atoms with Crippen LogP contribution in [0.3, 0.4) is 0 Å². The maximum atomic E-state index is 5.47. The fraction of sp³-hybridized carbons (Fsp3) is 0.412. The van der Waals surface area contributed by atoms with Gasteiger partial charge in [-0.3, -0.25) is 0 Å². The first-order valence-corrected chi connectivity index (χ1v) is 8.03. The van der Waals surface area contributed by atoms with Gasteiger partial charge in [-0.15, -0.1) is 11.3 Å². The Labute approximate surface area is 125 Å². The van der Waals surface area contributed by atoms with Gasteiger partial charge in [0.2, 0.25) is 0 Å². The van der Waals surface area contributed by atoms with E-state index in [1.165, 1.54) is 16.0 Å². The summed E-state index contributed by atoms with van der Waals surface area (Å²) < 4.78 is 5.47. The van der Waals surface area contributed by atoms with E-state index in [2.05, 4.69) is 42.7 Å². The number of para-hydroxylation sites is 1. The normalized spacial score (nSPS) is 12.3. The number of methoxy groups -OCH3 is 1. The summed E-state index contributed by atoms with van der Waals surface area (Å²) in [6, 6.07) is 10.9. The third-order valence-electron chi connectivity index (χ3n) is 3.53. The number of nitrogens with one attached hydrogen (secondary N) is 1. The minimum atomic E-state index is 0.359. The van der Waals surface area contributed by atoms with Gasteiger partial charge in [0.15, 0.2) is 0 Å². The monoisotopic (exact) mass is 289 g/mol. The molecule has 20 heavy (non-hydrogen) atoms. The summed E-state index contributed by atoms with van der Waals surface area (Å²) in [5, 5.41) is 5.84. The number of hydrogen-bond acceptors (Lipinski definition) is 3. The fourth-order valence-electron chi connectivity index (χ4n) is 2.46. The molecular weight excluding hydrogens is 266 g/mol. The van der Waals surface area contributed by atoms with Gasteiger partial charge >= 0.3 is 0 Å². The van der Waals surface area contributed by atoms with Crippen molar-refractivity contribution in [3.63, 3.8) is 0 Å². The first-order chi connectivity index (χ1) is 9.76. The minimum absolute atomic E-state index is 0.359. The average molecular weight is 289 g/mol. The molecule has 0 saturated carbocycles. The predicted octanol–water partition coefficient (Wildman–Crippen LogP) is 4.35. The van der Waals surface area contributed by atoms with Crippen molar-refractivity contribution < 1.29 is 4.74 Å². The highest BCUT2D eigenvalue weighted by atomic mass is 32.1. The van der Waals surface area contributed by atoms with Crippen molar-refractivity contribution in [1.29, 1.82) is 0 Å². The Kier molecular flexibility index (Phi) is 5.62. The molecule has 2 aromatic rings. The summed E-state index contributed by atoms with van der Waals surface area (Å²) in [6.07, 6.45) is 2.10. The van der Waals surface area contributed by atoms with Crippen LogP contribution in [-0.4, -0.2) is 13.7 Å². The van der Waals surface area contributed by atoms with E-state index in [1.807, 2.05) is 23.5 Å². The molecule has 108 valence electrons. The zero-order chi connectivity index (χ0) is 14.4. The summed E-state index contributed by atoms with van der Waals surface area (Å²) >= 11 is 1.82. The van der Waals surface area contributed by atoms with E-state index >= 15 is 0 Å². The van der Waals surface area contributed by atoms with Crippen molar-refractivity contribution in [3.8, 4) is 5.75 Å². The number of hydrogen-bond donors (Lipinski definition) is 1. The summed E-state index contributed by atoms with van der Waals surface area (Å²) in [7, 11) is 1.74. The predicted molar refractivity (Wildman–Crippen MR) is 86.8 cm³/mol. The molecular formula is C17H23NOS. The smallest absolute Gasteiger partial charge is 0.122 e. The molecule has 1 unspecified atom stereocenters. The first kappa shape index (κ1) is 15.1. The molecule has 1 N–H and O–H groups in total. The molecule has 0 amide bonds. The molecule has 2 nitrogen and oxygen atoms in total. The second-order valence-electron chi connectivity index (χ2n) is 4.95. The van der Waals surface area contributed by atoms with Crippen molar-refractivity contribution in [1.82, 2.24) is 5.32 Å². The molecule has 0 spiro atoms. The molecule has 0 fully saturated rings. The average Bonchev–Trinajstić information content (AvgIpc) is 2.90. The Balaban J connectivity index is 2.21. The molecule has 0 saturated heterocycles. The second-order valence-corrected chi connectivity index (χ2v) is 6.08. The maximum Gasteiger partial charge on any atom is 0.122 e. The molecule has 1 atom stereocenters. The lowest BCUT2D eigenvalue weighted by atomic mass is 9.98. The number of ether oxygens (including phenoxy) is 1. The standard InChI is InChI=1S/C17H23NOS/c1-4-10-18-16(15-9-11-20-13(15)2)12-14-7-5-6-8-17(14)19-3/h5-9,11,16,18H,4,10,12H2,1-3H3. The van der Waals surface area contributed by atoms with Gasteiger partial charge in [-0.05, 0) is 54.9 Å². The highest BCUT2D eigenvalue weighted by Gasteiger charge is 2.16. The third kappa shape index (κ3) is 3.62. The largest absolute Gasteiger partial charge is 0.496 e. The van der Waals surface area contributed by atoms with E-state index in [0.717, 1.165) is 25.1 Å². The van der Waals surface area contributed by atoms with Gasteiger partial charge in [0, 0.05) is 10.9 Å². The summed E-state index contributed by atoms with van der Waals surface area (Å²) in [6.45, 7) is 5.44. The van der Waals surface area contributed by atoms with Crippen LogP contribution in [0, 0.1) is 6.92 Å². The third-order valence-corrected chi connectivity index (χ3v) is 4.39. The van der Waals surface area contributed by atoms with Crippen LogP contribution in [0.5, 0.6) is 5.75 Å². The number of thiophene rings is 1. The van der Waals surface area contributed by atoms with E-state index < -0.39 is 0 Å². The Morgan fingerprint density at radius 2 is 2.05 bits per heavy atom. The molecule has 0 aliphatic heterocycles. The zero-order valence-electron chi connectivity index (χ0n) is 12.5. The first-order valence-electron chi connectivity index (χ1n) is 7.15. The summed E-state index contributed by atoms with van der Waals surface area (Å²) in [5.74, 6) is 0.976.